The van der Waals surface area contributed by atoms with Crippen molar-refractivity contribution in [3.63, 3.8) is 0 Å². The Balaban J connectivity index is 4.35. The molecule has 0 nitrogen and oxygen atoms in total. The molecule has 0 atom stereocenters. The van der Waals surface area contributed by atoms with E-state index in [-0.39, 0.29) is 0 Å². The van der Waals surface area contributed by atoms with Crippen molar-refractivity contribution in [3.8, 4) is 0 Å². The summed E-state index contributed by atoms with van der Waals surface area (Å²) in [6.07, 6.45) is 0. The predicted molar refractivity (Wildman–Crippen MR) is 55.7 cm³/mol. The van der Waals surface area contributed by atoms with Crippen LogP contribution in [-0.2, 0) is 0 Å². The van der Waals surface area contributed by atoms with Crippen LogP contribution in [-0.4, -0.2) is 14.1 Å². The molecule has 0 aromatic heterocycles. The molecule has 0 spiro atoms. The molecule has 0 bridgehead atoms. The predicted octanol–water partition coefficient (Wildman–Crippen LogP) is 4.10. The molecule has 0 saturated carbocycles. The summed E-state index contributed by atoms with van der Waals surface area (Å²) in [5, 5.41) is 0. The zero-order chi connectivity index (χ0) is 9.23. The first-order chi connectivity index (χ1) is 4.76. The Hall–Kier alpha value is 0.532. The van der Waals surface area contributed by atoms with Crippen LogP contribution in [0.2, 0.25) is 13.8 Å². The van der Waals surface area contributed by atoms with Gasteiger partial charge in [0.15, 0.2) is 0 Å². The quantitative estimate of drug-likeness (QED) is 0.547. The first-order valence-electron chi connectivity index (χ1n) is 4.76. The van der Waals surface area contributed by atoms with Gasteiger partial charge in [-0.05, 0) is 0 Å². The Bertz CT molecular complexity index is 101. The maximum absolute atomic E-state index is 2.41. The van der Waals surface area contributed by atoms with Crippen molar-refractivity contribution in [2.45, 2.75) is 62.3 Å². The van der Waals surface area contributed by atoms with Crippen LogP contribution in [0.3, 0.4) is 0 Å². The Morgan fingerprint density at radius 3 is 1.09 bits per heavy atom. The standard InChI is InChI=1S/C4H9.2C3H7.Al/c1-4(2)3;2*1-3-2;/h1-3H3;2*3H,1-2H3;. The molecular formula is C10H23Al. The lowest BCUT2D eigenvalue weighted by Crippen LogP contribution is -2.31. The molecule has 0 aliphatic heterocycles. The SMILES string of the molecule is C[CH](C)[Al]([CH](C)C)[C](C)(C)C. The van der Waals surface area contributed by atoms with Gasteiger partial charge >= 0.3 is 0 Å². The highest BCUT2D eigenvalue weighted by molar-refractivity contribution is 6.64. The number of hydrogen-bond donors (Lipinski definition) is 0. The molecule has 0 fully saturated rings. The van der Waals surface area contributed by atoms with Gasteiger partial charge in [-0.25, -0.2) is 0 Å². The lowest BCUT2D eigenvalue weighted by atomic mass is 10.2. The summed E-state index contributed by atoms with van der Waals surface area (Å²) in [5.74, 6) is 0. The van der Waals surface area contributed by atoms with E-state index in [1.807, 2.05) is 0 Å². The van der Waals surface area contributed by atoms with Gasteiger partial charge in [-0.1, -0.05) is 62.3 Å². The smallest absolute Gasteiger partial charge is 0.0871 e. The fourth-order valence-corrected chi connectivity index (χ4v) is 8.31. The molecule has 0 saturated heterocycles. The zero-order valence-corrected chi connectivity index (χ0v) is 10.4. The summed E-state index contributed by atoms with van der Waals surface area (Å²) >= 11 is -0.569. The molecule has 1 heteroatoms. The fourth-order valence-electron chi connectivity index (χ4n) is 2.77. The fraction of sp³-hybridized carbons (Fsp3) is 1.00. The first-order valence-corrected chi connectivity index (χ1v) is 6.68. The normalized spacial score (nSPS) is 12.8. The minimum atomic E-state index is -0.569. The van der Waals surface area contributed by atoms with Gasteiger partial charge in [0.2, 0.25) is 0 Å². The van der Waals surface area contributed by atoms with Crippen LogP contribution in [0.1, 0.15) is 48.5 Å². The Morgan fingerprint density at radius 1 is 0.818 bits per heavy atom. The number of rotatable bonds is 2. The lowest BCUT2D eigenvalue weighted by molar-refractivity contribution is 0.690. The summed E-state index contributed by atoms with van der Waals surface area (Å²) in [7, 11) is 0. The van der Waals surface area contributed by atoms with E-state index in [2.05, 4.69) is 48.5 Å². The lowest BCUT2D eigenvalue weighted by Gasteiger charge is -2.32. The van der Waals surface area contributed by atoms with E-state index in [0.717, 1.165) is 9.56 Å². The molecule has 0 radical (unpaired) electrons. The van der Waals surface area contributed by atoms with Crippen molar-refractivity contribution in [2.75, 3.05) is 0 Å². The van der Waals surface area contributed by atoms with E-state index in [9.17, 15) is 0 Å². The van der Waals surface area contributed by atoms with Crippen LogP contribution in [0.25, 0.3) is 0 Å². The van der Waals surface area contributed by atoms with Crippen LogP contribution in [0.15, 0.2) is 0 Å². The second-order valence-corrected chi connectivity index (χ2v) is 10.8. The third-order valence-electron chi connectivity index (χ3n) is 2.44. The van der Waals surface area contributed by atoms with Gasteiger partial charge in [-0.3, -0.25) is 0 Å². The molecule has 0 unspecified atom stereocenters. The van der Waals surface area contributed by atoms with Gasteiger partial charge < -0.3 is 0 Å². The molecule has 66 valence electrons. The minimum absolute atomic E-state index is 0.569. The van der Waals surface area contributed by atoms with Gasteiger partial charge in [-0.2, -0.15) is 0 Å². The molecule has 0 aliphatic carbocycles. The van der Waals surface area contributed by atoms with Gasteiger partial charge in [0.1, 0.15) is 0 Å². The van der Waals surface area contributed by atoms with Crippen molar-refractivity contribution in [1.29, 1.82) is 0 Å². The van der Waals surface area contributed by atoms with Crippen LogP contribution in [0, 0.1) is 0 Å². The number of hydrogen-bond acceptors (Lipinski definition) is 0. The second kappa shape index (κ2) is 3.97. The van der Waals surface area contributed by atoms with Crippen LogP contribution in [0.5, 0.6) is 0 Å². The van der Waals surface area contributed by atoms with Crippen molar-refractivity contribution >= 4 is 14.1 Å². The maximum Gasteiger partial charge on any atom is 0.273 e. The molecular weight excluding hydrogens is 147 g/mol. The van der Waals surface area contributed by atoms with Gasteiger partial charge in [0.05, 0.1) is 0 Å². The van der Waals surface area contributed by atoms with Crippen LogP contribution >= 0.6 is 0 Å². The Morgan fingerprint density at radius 2 is 1.09 bits per heavy atom. The van der Waals surface area contributed by atoms with Gasteiger partial charge in [0, 0.05) is 0 Å². The van der Waals surface area contributed by atoms with E-state index in [4.69, 9.17) is 0 Å². The first kappa shape index (κ1) is 11.5. The minimum Gasteiger partial charge on any atom is -0.0871 e. The molecule has 0 aromatic rings. The van der Waals surface area contributed by atoms with Crippen molar-refractivity contribution in [1.82, 2.24) is 0 Å². The average Bonchev–Trinajstić information content (AvgIpc) is 1.54. The monoisotopic (exact) mass is 170 g/mol. The van der Waals surface area contributed by atoms with Crippen LogP contribution < -0.4 is 0 Å². The Labute approximate surface area is 76.8 Å². The average molecular weight is 170 g/mol. The second-order valence-electron chi connectivity index (χ2n) is 5.38. The summed E-state index contributed by atoms with van der Waals surface area (Å²) < 4.78 is 2.48. The van der Waals surface area contributed by atoms with E-state index < -0.39 is 14.1 Å². The van der Waals surface area contributed by atoms with E-state index in [1.165, 1.54) is 0 Å². The molecule has 0 N–H and O–H groups in total. The third kappa shape index (κ3) is 3.63. The van der Waals surface area contributed by atoms with E-state index in [1.54, 1.807) is 0 Å². The van der Waals surface area contributed by atoms with Crippen molar-refractivity contribution < 1.29 is 0 Å². The van der Waals surface area contributed by atoms with Crippen LogP contribution in [0.4, 0.5) is 0 Å². The highest BCUT2D eigenvalue weighted by Crippen LogP contribution is 2.39. The molecule has 0 heterocycles. The van der Waals surface area contributed by atoms with Gasteiger partial charge in [0.25, 0.3) is 14.1 Å². The summed E-state index contributed by atoms with van der Waals surface area (Å²) in [6.45, 7) is 16.8. The van der Waals surface area contributed by atoms with E-state index >= 15 is 0 Å². The molecule has 11 heavy (non-hydrogen) atoms. The summed E-state index contributed by atoms with van der Waals surface area (Å²) in [5.41, 5.74) is 0. The summed E-state index contributed by atoms with van der Waals surface area (Å²) in [6, 6.07) is 0. The third-order valence-corrected chi connectivity index (χ3v) is 7.31. The largest absolute Gasteiger partial charge is 0.273 e. The topological polar surface area (TPSA) is 0 Å². The molecule has 0 aromatic carbocycles. The highest BCUT2D eigenvalue weighted by Gasteiger charge is 2.36. The highest BCUT2D eigenvalue weighted by atomic mass is 27.2. The Kier molecular flexibility index (Phi) is 4.16. The van der Waals surface area contributed by atoms with Gasteiger partial charge in [-0.15, -0.1) is 0 Å². The molecule has 0 amide bonds. The van der Waals surface area contributed by atoms with E-state index in [0.29, 0.717) is 4.28 Å². The molecule has 0 aliphatic rings. The molecule has 0 rings (SSSR count). The van der Waals surface area contributed by atoms with Crippen molar-refractivity contribution in [2.24, 2.45) is 0 Å². The zero-order valence-electron chi connectivity index (χ0n) is 9.23. The summed E-state index contributed by atoms with van der Waals surface area (Å²) in [4.78, 5) is 0. The van der Waals surface area contributed by atoms with Crippen molar-refractivity contribution in [3.05, 3.63) is 0 Å². The maximum atomic E-state index is 2.41.